The number of rotatable bonds is 3. The van der Waals surface area contributed by atoms with Gasteiger partial charge in [0.25, 0.3) is 0 Å². The summed E-state index contributed by atoms with van der Waals surface area (Å²) < 4.78 is 4.97. The van der Waals surface area contributed by atoms with Crippen molar-refractivity contribution in [1.82, 2.24) is 19.9 Å². The molecule has 0 fully saturated rings. The molecule has 14 heteroatoms. The summed E-state index contributed by atoms with van der Waals surface area (Å²) >= 11 is 13.5. The number of halogens is 1. The molecule has 0 saturated carbocycles. The van der Waals surface area contributed by atoms with E-state index in [1.165, 1.54) is 27.7 Å². The number of nitrogens with two attached hydrogens (primary N) is 2. The Kier molecular flexibility index (Phi) is 16.9. The predicted molar refractivity (Wildman–Crippen MR) is 153 cm³/mol. The van der Waals surface area contributed by atoms with Crippen molar-refractivity contribution in [2.75, 3.05) is 17.7 Å². The Hall–Kier alpha value is -2.80. The Bertz CT molecular complexity index is 1320. The van der Waals surface area contributed by atoms with Gasteiger partial charge in [-0.1, -0.05) is 53.9 Å². The average molecular weight is 605 g/mol. The maximum Gasteiger partial charge on any atom is 1.00 e. The molecule has 2 aromatic carbocycles. The van der Waals surface area contributed by atoms with E-state index in [2.05, 4.69) is 74.4 Å². The Labute approximate surface area is 284 Å². The van der Waals surface area contributed by atoms with Crippen LogP contribution in [0.2, 0.25) is 0 Å². The molecule has 0 bridgehead atoms. The Balaban J connectivity index is 0.000000306. The molecule has 5 rings (SSSR count). The number of carbonyl (C=O) groups excluding carboxylic acids is 1. The SMILES string of the molecule is N#C[S-].NC(=S)Nc1ncccn1.Nc1ncccn1.O=C(Cl)OCC1c2ccccc2-c2ccccc21.[K+]. The molecule has 0 radical (unpaired) electrons. The summed E-state index contributed by atoms with van der Waals surface area (Å²) in [5.41, 5.74) is 14.4. The molecule has 10 nitrogen and oxygen atoms in total. The number of nitrogen functional groups attached to an aromatic ring is 1. The van der Waals surface area contributed by atoms with Crippen LogP contribution in [-0.4, -0.2) is 37.1 Å². The molecule has 39 heavy (non-hydrogen) atoms. The molecule has 1 aliphatic carbocycles. The van der Waals surface area contributed by atoms with Crippen LogP contribution in [0.25, 0.3) is 11.1 Å². The van der Waals surface area contributed by atoms with Gasteiger partial charge in [-0.25, -0.2) is 30.0 Å². The van der Waals surface area contributed by atoms with Gasteiger partial charge in [0.05, 0.1) is 0 Å². The molecule has 5 N–H and O–H groups in total. The summed E-state index contributed by atoms with van der Waals surface area (Å²) in [6.45, 7) is 0.288. The van der Waals surface area contributed by atoms with Crippen LogP contribution in [-0.2, 0) is 17.4 Å². The van der Waals surface area contributed by atoms with Crippen LogP contribution < -0.4 is 68.2 Å². The molecule has 0 aliphatic heterocycles. The van der Waals surface area contributed by atoms with Crippen LogP contribution in [0.3, 0.4) is 0 Å². The van der Waals surface area contributed by atoms with E-state index in [-0.39, 0.29) is 69.0 Å². The van der Waals surface area contributed by atoms with Crippen LogP contribution in [0, 0.1) is 10.7 Å². The number of ether oxygens (including phenoxy) is 1. The van der Waals surface area contributed by atoms with Crippen molar-refractivity contribution in [3.8, 4) is 16.5 Å². The van der Waals surface area contributed by atoms with Gasteiger partial charge in [-0.05, 0) is 46.6 Å². The number of hydrogen-bond donors (Lipinski definition) is 3. The average Bonchev–Trinajstić information content (AvgIpc) is 3.23. The zero-order chi connectivity index (χ0) is 27.8. The second-order valence-electron chi connectivity index (χ2n) is 7.04. The number of nitrogens with one attached hydrogen (secondary N) is 1. The van der Waals surface area contributed by atoms with Gasteiger partial charge in [-0.3, -0.25) is 0 Å². The first kappa shape index (κ1) is 34.2. The van der Waals surface area contributed by atoms with Crippen LogP contribution in [0.1, 0.15) is 17.0 Å². The summed E-state index contributed by atoms with van der Waals surface area (Å²) in [7, 11) is 0. The first-order valence-electron chi connectivity index (χ1n) is 10.7. The molecule has 0 spiro atoms. The zero-order valence-corrected chi connectivity index (χ0v) is 26.3. The third-order valence-corrected chi connectivity index (χ3v) is 4.92. The minimum absolute atomic E-state index is 0. The molecule has 194 valence electrons. The van der Waals surface area contributed by atoms with Gasteiger partial charge in [-0.2, -0.15) is 0 Å². The number of aromatic nitrogens is 4. The quantitative estimate of drug-likeness (QED) is 0.101. The molecule has 2 aromatic heterocycles. The minimum Gasteiger partial charge on any atom is -0.696 e. The molecular weight excluding hydrogens is 583 g/mol. The second kappa shape index (κ2) is 19.3. The van der Waals surface area contributed by atoms with E-state index in [0.29, 0.717) is 11.9 Å². The second-order valence-corrected chi connectivity index (χ2v) is 7.97. The van der Waals surface area contributed by atoms with Crippen molar-refractivity contribution in [3.05, 3.63) is 96.6 Å². The van der Waals surface area contributed by atoms with E-state index in [1.807, 2.05) is 24.3 Å². The summed E-state index contributed by atoms with van der Waals surface area (Å²) in [6.07, 6.45) is 6.41. The van der Waals surface area contributed by atoms with E-state index in [1.54, 1.807) is 36.9 Å². The summed E-state index contributed by atoms with van der Waals surface area (Å²) in [4.78, 5) is 25.7. The molecule has 2 heterocycles. The fourth-order valence-electron chi connectivity index (χ4n) is 3.37. The van der Waals surface area contributed by atoms with Gasteiger partial charge in [0.2, 0.25) is 11.9 Å². The number of anilines is 2. The Morgan fingerprint density at radius 3 is 1.79 bits per heavy atom. The first-order valence-corrected chi connectivity index (χ1v) is 11.9. The third kappa shape index (κ3) is 12.3. The van der Waals surface area contributed by atoms with Gasteiger partial charge in [-0.15, -0.1) is 0 Å². The van der Waals surface area contributed by atoms with Gasteiger partial charge in [0, 0.05) is 42.3 Å². The Morgan fingerprint density at radius 1 is 0.974 bits per heavy atom. The van der Waals surface area contributed by atoms with Crippen LogP contribution in [0.15, 0.2) is 85.5 Å². The predicted octanol–water partition coefficient (Wildman–Crippen LogP) is 1.38. The van der Waals surface area contributed by atoms with Crippen molar-refractivity contribution < 1.29 is 60.9 Å². The van der Waals surface area contributed by atoms with Gasteiger partial charge in [0.1, 0.15) is 6.61 Å². The Morgan fingerprint density at radius 2 is 1.41 bits per heavy atom. The molecule has 0 unspecified atom stereocenters. The molecule has 0 amide bonds. The fourth-order valence-corrected chi connectivity index (χ4v) is 3.53. The molecule has 4 aromatic rings. The summed E-state index contributed by atoms with van der Waals surface area (Å²) in [5.74, 6) is 0.831. The number of fused-ring (bicyclic) bond motifs is 3. The molecule has 0 saturated heterocycles. The zero-order valence-electron chi connectivity index (χ0n) is 20.8. The van der Waals surface area contributed by atoms with E-state index in [9.17, 15) is 4.79 Å². The maximum absolute atomic E-state index is 10.8. The van der Waals surface area contributed by atoms with Crippen molar-refractivity contribution in [2.24, 2.45) is 5.73 Å². The molecule has 0 atom stereocenters. The summed E-state index contributed by atoms with van der Waals surface area (Å²) in [5, 5.41) is 11.2. The van der Waals surface area contributed by atoms with Crippen LogP contribution in [0.5, 0.6) is 0 Å². The van der Waals surface area contributed by atoms with E-state index in [0.717, 1.165) is 0 Å². The van der Waals surface area contributed by atoms with E-state index < -0.39 is 5.43 Å². The van der Waals surface area contributed by atoms with E-state index in [4.69, 9.17) is 33.1 Å². The van der Waals surface area contributed by atoms with Gasteiger partial charge in [0.15, 0.2) is 5.11 Å². The first-order chi connectivity index (χ1) is 18.4. The number of hydrogen-bond acceptors (Lipinski definition) is 10. The normalized spacial score (nSPS) is 9.95. The van der Waals surface area contributed by atoms with Crippen molar-refractivity contribution in [1.29, 1.82) is 5.26 Å². The number of carbonyl (C=O) groups is 1. The number of thiocarbonyl (C=S) groups is 1. The van der Waals surface area contributed by atoms with Crippen molar-refractivity contribution in [2.45, 2.75) is 5.92 Å². The van der Waals surface area contributed by atoms with Gasteiger partial charge >= 0.3 is 56.8 Å². The van der Waals surface area contributed by atoms with Crippen molar-refractivity contribution in [3.63, 3.8) is 0 Å². The molecule has 1 aliphatic rings. The number of benzene rings is 2. The third-order valence-electron chi connectivity index (χ3n) is 4.71. The number of nitrogens with zero attached hydrogens (tertiary/aromatic N) is 5. The number of nitriles is 1. The van der Waals surface area contributed by atoms with Crippen molar-refractivity contribution >= 4 is 58.9 Å². The maximum atomic E-state index is 10.8. The van der Waals surface area contributed by atoms with Crippen LogP contribution >= 0.6 is 23.8 Å². The smallest absolute Gasteiger partial charge is 0.696 e. The largest absolute Gasteiger partial charge is 1.00 e. The van der Waals surface area contributed by atoms with E-state index >= 15 is 0 Å². The standard InChI is InChI=1S/C15H11ClO2.C5H6N4S.C4H5N3.CHNS.K/c16-15(17)18-9-14-12-7-3-1-5-10(12)11-6-2-4-8-13(11)14;6-4(10)9-5-7-2-1-3-8-5;5-4-6-2-1-3-7-4;2-1-3;/h1-8,14H,9H2;1-3H,(H3,6,7,8,9,10);1-3H,(H2,5,6,7);3H;/q;;;;+1/p-1. The summed E-state index contributed by atoms with van der Waals surface area (Å²) in [6, 6.07) is 19.8. The minimum atomic E-state index is -0.753. The fraction of sp³-hybridized carbons (Fsp3) is 0.0800. The monoisotopic (exact) mass is 604 g/mol. The van der Waals surface area contributed by atoms with Crippen LogP contribution in [0.4, 0.5) is 16.7 Å². The number of thiocyanates is 1. The van der Waals surface area contributed by atoms with Gasteiger partial charge < -0.3 is 34.1 Å². The topological polar surface area (TPSA) is 166 Å². The molecular formula is C25H22ClKN8O2S2.